The molecule has 2 aliphatic rings. The molecule has 0 aliphatic heterocycles. The fourth-order valence-corrected chi connectivity index (χ4v) is 9.20. The van der Waals surface area contributed by atoms with E-state index in [4.69, 9.17) is 10.7 Å². The van der Waals surface area contributed by atoms with Crippen LogP contribution < -0.4 is 5.73 Å². The molecule has 1 aromatic heterocycles. The largest absolute Gasteiger partial charge is 0.319 e. The first-order valence-electron chi connectivity index (χ1n) is 19.6. The van der Waals surface area contributed by atoms with Gasteiger partial charge in [0.1, 0.15) is 0 Å². The van der Waals surface area contributed by atoms with Crippen molar-refractivity contribution < 1.29 is 0 Å². The molecule has 0 saturated heterocycles. The van der Waals surface area contributed by atoms with Crippen LogP contribution in [0.1, 0.15) is 65.6 Å². The number of para-hydroxylation sites is 1. The van der Waals surface area contributed by atoms with Crippen molar-refractivity contribution >= 4 is 56.1 Å². The van der Waals surface area contributed by atoms with E-state index >= 15 is 0 Å². The lowest BCUT2D eigenvalue weighted by Gasteiger charge is -2.24. The molecule has 0 amide bonds. The van der Waals surface area contributed by atoms with Crippen molar-refractivity contribution in [1.82, 2.24) is 4.57 Å². The Hall–Kier alpha value is -6.29. The van der Waals surface area contributed by atoms with Gasteiger partial charge in [0.15, 0.2) is 0 Å². The molecular formula is C52H43N3. The average Bonchev–Trinajstić information content (AvgIpc) is 3.57. The second-order valence-electron chi connectivity index (χ2n) is 15.4. The number of hydrogen-bond acceptors (Lipinski definition) is 2. The third-order valence-corrected chi connectivity index (χ3v) is 11.8. The number of nitrogens with zero attached hydrogens (tertiary/aromatic N) is 2. The first kappa shape index (κ1) is 33.3. The number of rotatable bonds is 6. The van der Waals surface area contributed by atoms with Gasteiger partial charge in [-0.2, -0.15) is 0 Å². The maximum Gasteiger partial charge on any atom is 0.0733 e. The van der Waals surface area contributed by atoms with Crippen LogP contribution in [0.2, 0.25) is 0 Å². The predicted octanol–water partition coefficient (Wildman–Crippen LogP) is 13.2. The number of fused-ring (bicyclic) bond motifs is 8. The van der Waals surface area contributed by atoms with Crippen LogP contribution in [0, 0.1) is 5.92 Å². The van der Waals surface area contributed by atoms with Crippen molar-refractivity contribution in [2.45, 2.75) is 38.6 Å². The molecule has 55 heavy (non-hydrogen) atoms. The van der Waals surface area contributed by atoms with E-state index in [1.807, 2.05) is 48.5 Å². The Bertz CT molecular complexity index is 2840. The third-order valence-electron chi connectivity index (χ3n) is 11.8. The summed E-state index contributed by atoms with van der Waals surface area (Å²) in [4.78, 5) is 5.27. The Balaban J connectivity index is 1.30. The van der Waals surface area contributed by atoms with Crippen molar-refractivity contribution in [3.05, 3.63) is 191 Å². The first-order valence-corrected chi connectivity index (χ1v) is 19.6. The van der Waals surface area contributed by atoms with Gasteiger partial charge in [0.25, 0.3) is 0 Å². The normalized spacial score (nSPS) is 17.1. The fraction of sp³-hybridized carbons (Fsp3) is 0.135. The summed E-state index contributed by atoms with van der Waals surface area (Å²) in [5.74, 6) is 0.923. The Kier molecular flexibility index (Phi) is 8.19. The Labute approximate surface area is 322 Å². The number of hydrogen-bond donors (Lipinski definition) is 1. The second kappa shape index (κ2) is 13.5. The topological polar surface area (TPSA) is 43.3 Å². The second-order valence-corrected chi connectivity index (χ2v) is 15.4. The van der Waals surface area contributed by atoms with Crippen molar-refractivity contribution in [2.24, 2.45) is 16.6 Å². The van der Waals surface area contributed by atoms with Crippen molar-refractivity contribution in [3.63, 3.8) is 0 Å². The number of allylic oxidation sites excluding steroid dienone is 2. The molecule has 266 valence electrons. The molecule has 3 nitrogen and oxygen atoms in total. The van der Waals surface area contributed by atoms with Gasteiger partial charge >= 0.3 is 0 Å². The molecule has 8 aromatic rings. The van der Waals surface area contributed by atoms with E-state index in [0.29, 0.717) is 11.8 Å². The summed E-state index contributed by atoms with van der Waals surface area (Å²) in [7, 11) is 0. The lowest BCUT2D eigenvalue weighted by atomic mass is 9.80. The van der Waals surface area contributed by atoms with E-state index in [1.54, 1.807) is 0 Å². The molecule has 2 N–H and O–H groups in total. The van der Waals surface area contributed by atoms with E-state index in [1.165, 1.54) is 55.2 Å². The maximum atomic E-state index is 7.17. The zero-order chi connectivity index (χ0) is 37.0. The smallest absolute Gasteiger partial charge is 0.0733 e. The molecule has 0 spiro atoms. The molecule has 0 bridgehead atoms. The molecule has 0 fully saturated rings. The maximum absolute atomic E-state index is 7.17. The van der Waals surface area contributed by atoms with E-state index in [-0.39, 0.29) is 0 Å². The minimum absolute atomic E-state index is 0.407. The standard InChI is InChI=1S/C52H43N3/c1-33-25-27-39-37(31-33)26-29-46-49(39)50-43-24-14-15-34(2)48(43)44(35-16-6-3-7-17-35)32-47(50)55(46)45-30-28-42(40-22-12-13-23-41(40)45)52(54-38-20-10-5-11-21-38)51(53)36-18-8-4-9-19-36/h3-14,16-30,32-34,51H,15,31,53H2,1-2H3/b54-52-. The number of benzene rings is 7. The minimum atomic E-state index is -0.418. The highest BCUT2D eigenvalue weighted by atomic mass is 15.0. The molecule has 3 unspecified atom stereocenters. The first-order chi connectivity index (χ1) is 27.0. The Morgan fingerprint density at radius 1 is 0.691 bits per heavy atom. The SMILES string of the molecule is CC1C=Cc2c(ccc3c2c2c4c(c(-c5ccccc5)cc2n3-c2ccc(/C(=N/c3ccccc3)C(N)c3ccccc3)c3ccccc23)C(C)CC=C4)C1. The lowest BCUT2D eigenvalue weighted by molar-refractivity contribution is 0.718. The van der Waals surface area contributed by atoms with Crippen LogP contribution in [-0.2, 0) is 6.42 Å². The van der Waals surface area contributed by atoms with Gasteiger partial charge in [-0.3, -0.25) is 4.99 Å². The molecule has 2 aliphatic carbocycles. The highest BCUT2D eigenvalue weighted by Gasteiger charge is 2.28. The summed E-state index contributed by atoms with van der Waals surface area (Å²) in [5, 5.41) is 4.96. The van der Waals surface area contributed by atoms with Crippen LogP contribution in [0.4, 0.5) is 5.69 Å². The van der Waals surface area contributed by atoms with Crippen LogP contribution in [-0.4, -0.2) is 10.3 Å². The van der Waals surface area contributed by atoms with Gasteiger partial charge in [0.2, 0.25) is 0 Å². The molecule has 0 saturated carbocycles. The molecule has 7 aromatic carbocycles. The van der Waals surface area contributed by atoms with Gasteiger partial charge < -0.3 is 10.3 Å². The number of aromatic nitrogens is 1. The monoisotopic (exact) mass is 709 g/mol. The van der Waals surface area contributed by atoms with Crippen LogP contribution >= 0.6 is 0 Å². The minimum Gasteiger partial charge on any atom is -0.319 e. The van der Waals surface area contributed by atoms with Gasteiger partial charge in [-0.1, -0.05) is 153 Å². The van der Waals surface area contributed by atoms with Gasteiger partial charge in [-0.15, -0.1) is 0 Å². The number of aliphatic imine (C=N–C) groups is 1. The highest BCUT2D eigenvalue weighted by Crippen LogP contribution is 2.48. The number of nitrogens with two attached hydrogens (primary N) is 1. The lowest BCUT2D eigenvalue weighted by Crippen LogP contribution is -2.23. The van der Waals surface area contributed by atoms with Gasteiger partial charge in [-0.25, -0.2) is 0 Å². The molecule has 0 radical (unpaired) electrons. The van der Waals surface area contributed by atoms with Crippen LogP contribution in [0.15, 0.2) is 163 Å². The zero-order valence-corrected chi connectivity index (χ0v) is 31.3. The summed E-state index contributed by atoms with van der Waals surface area (Å²) in [6, 6.07) is 51.6. The van der Waals surface area contributed by atoms with Crippen LogP contribution in [0.3, 0.4) is 0 Å². The van der Waals surface area contributed by atoms with Gasteiger partial charge in [-0.05, 0) is 99.3 Å². The predicted molar refractivity (Wildman–Crippen MR) is 234 cm³/mol. The van der Waals surface area contributed by atoms with E-state index in [9.17, 15) is 0 Å². The quantitative estimate of drug-likeness (QED) is 0.172. The van der Waals surface area contributed by atoms with E-state index in [2.05, 4.69) is 140 Å². The van der Waals surface area contributed by atoms with Gasteiger partial charge in [0, 0.05) is 21.7 Å². The Morgan fingerprint density at radius 3 is 2.16 bits per heavy atom. The third kappa shape index (κ3) is 5.58. The average molecular weight is 710 g/mol. The van der Waals surface area contributed by atoms with Gasteiger partial charge in [0.05, 0.1) is 34.2 Å². The van der Waals surface area contributed by atoms with Crippen molar-refractivity contribution in [2.75, 3.05) is 0 Å². The molecule has 1 heterocycles. The fourth-order valence-electron chi connectivity index (χ4n) is 9.20. The summed E-state index contributed by atoms with van der Waals surface area (Å²) < 4.78 is 2.54. The van der Waals surface area contributed by atoms with Crippen LogP contribution in [0.25, 0.3) is 61.5 Å². The van der Waals surface area contributed by atoms with E-state index < -0.39 is 6.04 Å². The van der Waals surface area contributed by atoms with Crippen LogP contribution in [0.5, 0.6) is 0 Å². The molecule has 3 atom stereocenters. The van der Waals surface area contributed by atoms with E-state index in [0.717, 1.165) is 51.8 Å². The summed E-state index contributed by atoms with van der Waals surface area (Å²) in [6.07, 6.45) is 11.7. The molecule has 3 heteroatoms. The summed E-state index contributed by atoms with van der Waals surface area (Å²) in [6.45, 7) is 4.70. The summed E-state index contributed by atoms with van der Waals surface area (Å²) >= 11 is 0. The highest BCUT2D eigenvalue weighted by molar-refractivity contribution is 6.20. The zero-order valence-electron chi connectivity index (χ0n) is 31.3. The molecular weight excluding hydrogens is 667 g/mol. The molecule has 10 rings (SSSR count). The van der Waals surface area contributed by atoms with Crippen molar-refractivity contribution in [1.29, 1.82) is 0 Å². The van der Waals surface area contributed by atoms with Crippen molar-refractivity contribution in [3.8, 4) is 16.8 Å². The Morgan fingerprint density at radius 2 is 1.38 bits per heavy atom. The summed E-state index contributed by atoms with van der Waals surface area (Å²) in [5.41, 5.74) is 22.7.